The fourth-order valence-electron chi connectivity index (χ4n) is 3.48. The Balaban J connectivity index is 1.95. The number of thiophene rings is 1. The van der Waals surface area contributed by atoms with Crippen LogP contribution in [0.2, 0.25) is 0 Å². The van der Waals surface area contributed by atoms with Crippen LogP contribution in [0.3, 0.4) is 0 Å². The van der Waals surface area contributed by atoms with Crippen LogP contribution in [0, 0.1) is 0 Å². The molecule has 8 heteroatoms. The first-order valence-corrected chi connectivity index (χ1v) is 10.8. The molecule has 1 aliphatic heterocycles. The van der Waals surface area contributed by atoms with Crippen molar-refractivity contribution in [2.24, 2.45) is 0 Å². The fraction of sp³-hybridized carbons (Fsp3) is 0.348. The van der Waals surface area contributed by atoms with Gasteiger partial charge in [0.05, 0.1) is 35.3 Å². The Labute approximate surface area is 184 Å². The molecule has 1 aromatic heterocycles. The van der Waals surface area contributed by atoms with Gasteiger partial charge in [0.1, 0.15) is 0 Å². The fourth-order valence-corrected chi connectivity index (χ4v) is 4.15. The minimum absolute atomic E-state index is 0.0445. The zero-order chi connectivity index (χ0) is 22.5. The van der Waals surface area contributed by atoms with Crippen molar-refractivity contribution in [1.29, 1.82) is 0 Å². The molecule has 2 heterocycles. The first-order valence-electron chi connectivity index (χ1n) is 9.97. The molecule has 7 nitrogen and oxygen atoms in total. The number of rotatable bonds is 9. The van der Waals surface area contributed by atoms with Gasteiger partial charge in [-0.15, -0.1) is 11.3 Å². The summed E-state index contributed by atoms with van der Waals surface area (Å²) in [4.78, 5) is 39.7. The summed E-state index contributed by atoms with van der Waals surface area (Å²) in [5.74, 6) is -1.99. The Kier molecular flexibility index (Phi) is 7.25. The molecular formula is C23H25NO6S. The molecular weight excluding hydrogens is 418 g/mol. The summed E-state index contributed by atoms with van der Waals surface area (Å²) in [6.07, 6.45) is 0.618. The lowest BCUT2D eigenvalue weighted by Crippen LogP contribution is -2.32. The van der Waals surface area contributed by atoms with Crippen molar-refractivity contribution in [3.05, 3.63) is 69.1 Å². The van der Waals surface area contributed by atoms with Crippen molar-refractivity contribution >= 4 is 29.0 Å². The number of esters is 1. The molecule has 0 radical (unpaired) electrons. The van der Waals surface area contributed by atoms with Crippen LogP contribution < -0.4 is 0 Å². The normalized spacial score (nSPS) is 16.3. The molecule has 0 aliphatic carbocycles. The van der Waals surface area contributed by atoms with Crippen molar-refractivity contribution in [2.75, 3.05) is 20.3 Å². The second-order valence-electron chi connectivity index (χ2n) is 7.36. The molecule has 31 heavy (non-hydrogen) atoms. The molecule has 1 amide bonds. The summed E-state index contributed by atoms with van der Waals surface area (Å²) in [6, 6.07) is 9.14. The van der Waals surface area contributed by atoms with Gasteiger partial charge < -0.3 is 19.5 Å². The SMILES string of the molecule is COC(=O)c1ccc([C@@H]2C(C(=O)c3cccs3)=C(O)C(=O)N2CCCOC(C)C)cc1. The molecule has 3 rings (SSSR count). The van der Waals surface area contributed by atoms with Crippen molar-refractivity contribution in [2.45, 2.75) is 32.4 Å². The largest absolute Gasteiger partial charge is 0.503 e. The van der Waals surface area contributed by atoms with Gasteiger partial charge in [-0.05, 0) is 49.4 Å². The highest BCUT2D eigenvalue weighted by atomic mass is 32.1. The van der Waals surface area contributed by atoms with E-state index in [2.05, 4.69) is 0 Å². The maximum absolute atomic E-state index is 13.1. The van der Waals surface area contributed by atoms with Crippen molar-refractivity contribution in [3.8, 4) is 0 Å². The van der Waals surface area contributed by atoms with Crippen LogP contribution in [0.5, 0.6) is 0 Å². The third-order valence-corrected chi connectivity index (χ3v) is 5.80. The topological polar surface area (TPSA) is 93.1 Å². The van der Waals surface area contributed by atoms with Crippen LogP contribution in [-0.2, 0) is 14.3 Å². The minimum atomic E-state index is -0.757. The summed E-state index contributed by atoms with van der Waals surface area (Å²) in [6.45, 7) is 4.61. The van der Waals surface area contributed by atoms with E-state index in [1.165, 1.54) is 23.3 Å². The second kappa shape index (κ2) is 9.89. The van der Waals surface area contributed by atoms with Crippen LogP contribution in [0.1, 0.15) is 51.9 Å². The molecule has 0 saturated carbocycles. The van der Waals surface area contributed by atoms with E-state index < -0.39 is 23.7 Å². The van der Waals surface area contributed by atoms with E-state index in [-0.39, 0.29) is 17.5 Å². The van der Waals surface area contributed by atoms with Crippen molar-refractivity contribution < 1.29 is 29.0 Å². The van der Waals surface area contributed by atoms with E-state index in [0.717, 1.165) is 0 Å². The summed E-state index contributed by atoms with van der Waals surface area (Å²) in [5, 5.41) is 12.4. The van der Waals surface area contributed by atoms with Gasteiger partial charge in [0.25, 0.3) is 5.91 Å². The van der Waals surface area contributed by atoms with Crippen molar-refractivity contribution in [3.63, 3.8) is 0 Å². The second-order valence-corrected chi connectivity index (χ2v) is 8.30. The number of ether oxygens (including phenoxy) is 2. The molecule has 2 aromatic rings. The summed E-state index contributed by atoms with van der Waals surface area (Å²) >= 11 is 1.25. The third-order valence-electron chi connectivity index (χ3n) is 4.94. The van der Waals surface area contributed by atoms with Gasteiger partial charge in [-0.2, -0.15) is 0 Å². The predicted octanol–water partition coefficient (Wildman–Crippen LogP) is 3.93. The highest BCUT2D eigenvalue weighted by Gasteiger charge is 2.43. The molecule has 0 saturated heterocycles. The molecule has 164 valence electrons. The van der Waals surface area contributed by atoms with Gasteiger partial charge in [-0.25, -0.2) is 4.79 Å². The lowest BCUT2D eigenvalue weighted by Gasteiger charge is -2.27. The van der Waals surface area contributed by atoms with Crippen LogP contribution in [0.4, 0.5) is 0 Å². The number of carbonyl (C=O) groups excluding carboxylic acids is 3. The summed E-state index contributed by atoms with van der Waals surface area (Å²) < 4.78 is 10.3. The number of aliphatic hydroxyl groups excluding tert-OH is 1. The Bertz CT molecular complexity index is 978. The van der Waals surface area contributed by atoms with E-state index in [9.17, 15) is 19.5 Å². The third kappa shape index (κ3) is 4.86. The number of hydrogen-bond acceptors (Lipinski definition) is 7. The van der Waals surface area contributed by atoms with Crippen molar-refractivity contribution in [1.82, 2.24) is 4.90 Å². The number of ketones is 1. The Hall–Kier alpha value is -2.97. The Morgan fingerprint density at radius 2 is 1.90 bits per heavy atom. The smallest absolute Gasteiger partial charge is 0.337 e. The molecule has 1 aliphatic rings. The van der Waals surface area contributed by atoms with E-state index in [0.29, 0.717) is 35.6 Å². The highest BCUT2D eigenvalue weighted by molar-refractivity contribution is 7.12. The number of Topliss-reactive ketones (excluding diaryl/α,β-unsaturated/α-hetero) is 1. The van der Waals surface area contributed by atoms with Gasteiger partial charge in [-0.3, -0.25) is 9.59 Å². The van der Waals surface area contributed by atoms with Gasteiger partial charge in [0, 0.05) is 13.2 Å². The molecule has 0 fully saturated rings. The molecule has 0 spiro atoms. The summed E-state index contributed by atoms with van der Waals surface area (Å²) in [5.41, 5.74) is 1.02. The van der Waals surface area contributed by atoms with Crippen LogP contribution in [0.15, 0.2) is 53.1 Å². The quantitative estimate of drug-likeness (QED) is 0.359. The van der Waals surface area contributed by atoms with Gasteiger partial charge >= 0.3 is 5.97 Å². The predicted molar refractivity (Wildman–Crippen MR) is 116 cm³/mol. The Morgan fingerprint density at radius 1 is 1.19 bits per heavy atom. The maximum atomic E-state index is 13.1. The molecule has 1 atom stereocenters. The zero-order valence-electron chi connectivity index (χ0n) is 17.7. The van der Waals surface area contributed by atoms with E-state index in [4.69, 9.17) is 9.47 Å². The van der Waals surface area contributed by atoms with Crippen LogP contribution >= 0.6 is 11.3 Å². The lowest BCUT2D eigenvalue weighted by atomic mass is 9.94. The molecule has 1 aromatic carbocycles. The average molecular weight is 444 g/mol. The van der Waals surface area contributed by atoms with Gasteiger partial charge in [-0.1, -0.05) is 18.2 Å². The van der Waals surface area contributed by atoms with Crippen LogP contribution in [0.25, 0.3) is 0 Å². The number of benzene rings is 1. The molecule has 0 unspecified atom stereocenters. The monoisotopic (exact) mass is 443 g/mol. The highest BCUT2D eigenvalue weighted by Crippen LogP contribution is 2.39. The van der Waals surface area contributed by atoms with E-state index in [1.807, 2.05) is 13.8 Å². The minimum Gasteiger partial charge on any atom is -0.503 e. The number of hydrogen-bond donors (Lipinski definition) is 1. The van der Waals surface area contributed by atoms with Gasteiger partial charge in [0.2, 0.25) is 5.78 Å². The molecule has 1 N–H and O–H groups in total. The summed E-state index contributed by atoms with van der Waals surface area (Å²) in [7, 11) is 1.30. The number of nitrogens with zero attached hydrogens (tertiary/aromatic N) is 1. The number of amides is 1. The first kappa shape index (κ1) is 22.7. The molecule has 0 bridgehead atoms. The number of aliphatic hydroxyl groups is 1. The maximum Gasteiger partial charge on any atom is 0.337 e. The van der Waals surface area contributed by atoms with Gasteiger partial charge in [0.15, 0.2) is 5.76 Å². The first-order chi connectivity index (χ1) is 14.8. The van der Waals surface area contributed by atoms with E-state index in [1.54, 1.807) is 41.8 Å². The average Bonchev–Trinajstić information content (AvgIpc) is 3.38. The number of carbonyl (C=O) groups is 3. The lowest BCUT2D eigenvalue weighted by molar-refractivity contribution is -0.129. The zero-order valence-corrected chi connectivity index (χ0v) is 18.5. The standard InChI is InChI=1S/C23H25NO6S/c1-14(2)30-12-5-11-24-19(15-7-9-16(10-8-15)23(28)29-3)18(21(26)22(24)27)20(25)17-6-4-13-31-17/h4,6-10,13-14,19,26H,5,11-12H2,1-3H3/t19-/m1/s1. The van der Waals surface area contributed by atoms with Crippen LogP contribution in [-0.4, -0.2) is 54.0 Å². The number of methoxy groups -OCH3 is 1. The van der Waals surface area contributed by atoms with E-state index >= 15 is 0 Å². The Morgan fingerprint density at radius 3 is 2.48 bits per heavy atom.